The molecule has 178 valence electrons. The smallest absolute Gasteiger partial charge is 0.0361 e. The summed E-state index contributed by atoms with van der Waals surface area (Å²) in [6.07, 6.45) is 9.51. The summed E-state index contributed by atoms with van der Waals surface area (Å²) in [5.41, 5.74) is 1.16. The summed E-state index contributed by atoms with van der Waals surface area (Å²) in [4.78, 5) is 0. The minimum atomic E-state index is 1.16. The average Bonchev–Trinajstić information content (AvgIpc) is 3.33. The van der Waals surface area contributed by atoms with Crippen molar-refractivity contribution >= 4 is 58.7 Å². The Bertz CT molecular complexity index is 1650. The molecule has 0 saturated heterocycles. The van der Waals surface area contributed by atoms with E-state index in [1.165, 1.54) is 41.7 Å². The van der Waals surface area contributed by atoms with E-state index in [9.17, 15) is 0 Å². The standard InChI is InChI=1S/C16H10S.C11H11N.C7H10/c1-2-6-12-11(5-1)9-10-15-16(12)13-7-3-4-8-14(13)17-15;1-12-11-7-6-9-4-2-3-5-10(9)8-11;1-3-5-7-6-4-2/h1-10H;2-8,12H,1H3;3-7H,1H2,2H3/b;;6-4-,7-5-. The lowest BCUT2D eigenvalue weighted by atomic mass is 10.0. The molecule has 0 spiro atoms. The fourth-order valence-electron chi connectivity index (χ4n) is 4.09. The highest BCUT2D eigenvalue weighted by atomic mass is 32.1. The van der Waals surface area contributed by atoms with E-state index in [1.54, 1.807) is 6.08 Å². The number of rotatable bonds is 3. The number of anilines is 1. The van der Waals surface area contributed by atoms with Gasteiger partial charge in [-0.25, -0.2) is 0 Å². The molecule has 1 nitrogen and oxygen atoms in total. The van der Waals surface area contributed by atoms with Gasteiger partial charge in [-0.2, -0.15) is 0 Å². The Hall–Kier alpha value is -4.14. The Labute approximate surface area is 217 Å². The van der Waals surface area contributed by atoms with E-state index in [-0.39, 0.29) is 0 Å². The second kappa shape index (κ2) is 12.5. The number of allylic oxidation sites excluding steroid dienone is 5. The lowest BCUT2D eigenvalue weighted by molar-refractivity contribution is 1.53. The molecule has 36 heavy (non-hydrogen) atoms. The van der Waals surface area contributed by atoms with Crippen LogP contribution in [0.4, 0.5) is 5.69 Å². The summed E-state index contributed by atoms with van der Waals surface area (Å²) >= 11 is 1.88. The van der Waals surface area contributed by atoms with E-state index < -0.39 is 0 Å². The molecule has 6 rings (SSSR count). The normalized spacial score (nSPS) is 10.9. The number of benzene rings is 5. The molecule has 0 aliphatic heterocycles. The Kier molecular flexibility index (Phi) is 8.69. The molecule has 5 aromatic carbocycles. The molecule has 0 aliphatic carbocycles. The first-order valence-corrected chi connectivity index (χ1v) is 12.9. The lowest BCUT2D eigenvalue weighted by Crippen LogP contribution is -1.86. The van der Waals surface area contributed by atoms with Gasteiger partial charge in [0, 0.05) is 32.9 Å². The number of fused-ring (bicyclic) bond motifs is 6. The molecule has 0 aliphatic rings. The highest BCUT2D eigenvalue weighted by molar-refractivity contribution is 7.26. The average molecular weight is 486 g/mol. The van der Waals surface area contributed by atoms with Gasteiger partial charge in [-0.3, -0.25) is 0 Å². The molecule has 0 amide bonds. The second-order valence-electron chi connectivity index (χ2n) is 8.22. The van der Waals surface area contributed by atoms with E-state index in [1.807, 2.05) is 49.6 Å². The molecule has 0 unspecified atom stereocenters. The maximum Gasteiger partial charge on any atom is 0.0361 e. The van der Waals surface area contributed by atoms with Gasteiger partial charge in [0.05, 0.1) is 0 Å². The minimum Gasteiger partial charge on any atom is -0.388 e. The van der Waals surface area contributed by atoms with E-state index in [2.05, 4.69) is 115 Å². The van der Waals surface area contributed by atoms with Crippen LogP contribution in [0.2, 0.25) is 0 Å². The SMILES string of the molecule is C=C/C=C\C=C/C.CNc1ccc2ccccc2c1.c1ccc2c(c1)ccc1sc3ccccc3c12. The zero-order valence-corrected chi connectivity index (χ0v) is 21.6. The number of thiophene rings is 1. The van der Waals surface area contributed by atoms with Gasteiger partial charge in [-0.15, -0.1) is 11.3 Å². The van der Waals surface area contributed by atoms with Crippen molar-refractivity contribution in [1.29, 1.82) is 0 Å². The molecule has 0 saturated carbocycles. The van der Waals surface area contributed by atoms with Crippen LogP contribution in [0.15, 0.2) is 140 Å². The van der Waals surface area contributed by atoms with Gasteiger partial charge in [0.25, 0.3) is 0 Å². The zero-order valence-electron chi connectivity index (χ0n) is 20.8. The molecule has 1 aromatic heterocycles. The molecular formula is C34H31NS. The Morgan fingerprint density at radius 1 is 0.639 bits per heavy atom. The van der Waals surface area contributed by atoms with E-state index in [0.717, 1.165) is 5.69 Å². The summed E-state index contributed by atoms with van der Waals surface area (Å²) in [5.74, 6) is 0. The molecule has 6 aromatic rings. The van der Waals surface area contributed by atoms with Gasteiger partial charge in [-0.1, -0.05) is 116 Å². The number of hydrogen-bond acceptors (Lipinski definition) is 2. The maximum atomic E-state index is 3.51. The molecule has 1 N–H and O–H groups in total. The van der Waals surface area contributed by atoms with Crippen LogP contribution >= 0.6 is 11.3 Å². The number of nitrogens with one attached hydrogen (secondary N) is 1. The highest BCUT2D eigenvalue weighted by Gasteiger charge is 2.07. The largest absolute Gasteiger partial charge is 0.388 e. The lowest BCUT2D eigenvalue weighted by Gasteiger charge is -2.01. The van der Waals surface area contributed by atoms with Crippen LogP contribution in [-0.2, 0) is 0 Å². The van der Waals surface area contributed by atoms with Crippen LogP contribution in [-0.4, -0.2) is 7.05 Å². The van der Waals surface area contributed by atoms with Gasteiger partial charge >= 0.3 is 0 Å². The Morgan fingerprint density at radius 2 is 1.31 bits per heavy atom. The third-order valence-electron chi connectivity index (χ3n) is 5.86. The van der Waals surface area contributed by atoms with Gasteiger partial charge in [0.1, 0.15) is 0 Å². The highest BCUT2D eigenvalue weighted by Crippen LogP contribution is 2.37. The fraction of sp³-hybridized carbons (Fsp3) is 0.0588. The first kappa shape index (κ1) is 25.0. The van der Waals surface area contributed by atoms with Crippen LogP contribution in [0.5, 0.6) is 0 Å². The van der Waals surface area contributed by atoms with Crippen molar-refractivity contribution in [1.82, 2.24) is 0 Å². The first-order valence-electron chi connectivity index (χ1n) is 12.1. The zero-order chi connectivity index (χ0) is 25.2. The van der Waals surface area contributed by atoms with Crippen LogP contribution in [0, 0.1) is 0 Å². The summed E-state index contributed by atoms with van der Waals surface area (Å²) in [5, 5.41) is 11.2. The minimum absolute atomic E-state index is 1.16. The third kappa shape index (κ3) is 5.91. The van der Waals surface area contributed by atoms with Gasteiger partial charge in [0.15, 0.2) is 0 Å². The molecule has 1 heterocycles. The predicted molar refractivity (Wildman–Crippen MR) is 164 cm³/mol. The summed E-state index contributed by atoms with van der Waals surface area (Å²) in [7, 11) is 1.93. The third-order valence-corrected chi connectivity index (χ3v) is 6.99. The summed E-state index contributed by atoms with van der Waals surface area (Å²) in [6.45, 7) is 5.49. The first-order chi connectivity index (χ1) is 17.7. The van der Waals surface area contributed by atoms with Crippen molar-refractivity contribution in [2.45, 2.75) is 6.92 Å². The fourth-order valence-corrected chi connectivity index (χ4v) is 5.22. The molecule has 2 heteroatoms. The van der Waals surface area contributed by atoms with E-state index in [4.69, 9.17) is 0 Å². The second-order valence-corrected chi connectivity index (χ2v) is 9.30. The van der Waals surface area contributed by atoms with Crippen molar-refractivity contribution in [2.75, 3.05) is 12.4 Å². The topological polar surface area (TPSA) is 12.0 Å². The van der Waals surface area contributed by atoms with Crippen LogP contribution in [0.1, 0.15) is 6.92 Å². The van der Waals surface area contributed by atoms with Crippen molar-refractivity contribution in [2.24, 2.45) is 0 Å². The van der Waals surface area contributed by atoms with Gasteiger partial charge < -0.3 is 5.32 Å². The van der Waals surface area contributed by atoms with Crippen LogP contribution in [0.3, 0.4) is 0 Å². The van der Waals surface area contributed by atoms with E-state index in [0.29, 0.717) is 0 Å². The molecular weight excluding hydrogens is 454 g/mol. The Morgan fingerprint density at radius 3 is 2.06 bits per heavy atom. The monoisotopic (exact) mass is 485 g/mol. The van der Waals surface area contributed by atoms with Crippen molar-refractivity contribution in [3.8, 4) is 0 Å². The molecule has 0 radical (unpaired) electrons. The van der Waals surface area contributed by atoms with Crippen LogP contribution in [0.25, 0.3) is 41.7 Å². The van der Waals surface area contributed by atoms with Crippen LogP contribution < -0.4 is 5.32 Å². The maximum absolute atomic E-state index is 3.51. The van der Waals surface area contributed by atoms with Gasteiger partial charge in [0.2, 0.25) is 0 Å². The van der Waals surface area contributed by atoms with E-state index >= 15 is 0 Å². The van der Waals surface area contributed by atoms with Crippen molar-refractivity contribution in [3.05, 3.63) is 140 Å². The molecule has 0 atom stereocenters. The molecule has 0 fully saturated rings. The summed E-state index contributed by atoms with van der Waals surface area (Å²) < 4.78 is 2.75. The predicted octanol–water partition coefficient (Wildman–Crippen LogP) is 10.4. The molecule has 0 bridgehead atoms. The number of hydrogen-bond donors (Lipinski definition) is 1. The van der Waals surface area contributed by atoms with Crippen molar-refractivity contribution in [3.63, 3.8) is 0 Å². The Balaban J connectivity index is 0.000000140. The quantitative estimate of drug-likeness (QED) is 0.246. The van der Waals surface area contributed by atoms with Crippen molar-refractivity contribution < 1.29 is 0 Å². The summed E-state index contributed by atoms with van der Waals surface area (Å²) in [6, 6.07) is 36.4. The van der Waals surface area contributed by atoms with Gasteiger partial charge in [-0.05, 0) is 52.7 Å².